The van der Waals surface area contributed by atoms with E-state index in [1.807, 2.05) is 0 Å². The number of rotatable bonds is 3. The van der Waals surface area contributed by atoms with E-state index >= 15 is 0 Å². The van der Waals surface area contributed by atoms with Gasteiger partial charge in [0, 0.05) is 11.1 Å². The third kappa shape index (κ3) is 2.06. The first kappa shape index (κ1) is 13.5. The zero-order valence-corrected chi connectivity index (χ0v) is 12.2. The lowest BCUT2D eigenvalue weighted by molar-refractivity contribution is 0.341. The van der Waals surface area contributed by atoms with Gasteiger partial charge in [-0.2, -0.15) is 0 Å². The molecule has 0 atom stereocenters. The molecule has 1 aromatic carbocycles. The number of phenols is 1. The predicted molar refractivity (Wildman–Crippen MR) is 73.2 cm³/mol. The first-order chi connectivity index (χ1) is 8.53. The summed E-state index contributed by atoms with van der Waals surface area (Å²) in [7, 11) is 3.11. The van der Waals surface area contributed by atoms with E-state index in [0.717, 1.165) is 31.2 Å². The molecule has 3 N–H and O–H groups in total. The predicted octanol–water partition coefficient (Wildman–Crippen LogP) is 2.90. The number of benzene rings is 1. The van der Waals surface area contributed by atoms with Gasteiger partial charge in [0.05, 0.1) is 14.2 Å². The van der Waals surface area contributed by atoms with Gasteiger partial charge in [0.15, 0.2) is 11.5 Å². The first-order valence-corrected chi connectivity index (χ1v) is 6.75. The molecule has 0 saturated heterocycles. The zero-order valence-electron chi connectivity index (χ0n) is 10.6. The van der Waals surface area contributed by atoms with Crippen molar-refractivity contribution in [3.05, 3.63) is 16.1 Å². The SMILES string of the molecule is COc1cc(C2(N)CCCC2)c(O)c(Br)c1OC. The Balaban J connectivity index is 2.58. The van der Waals surface area contributed by atoms with Gasteiger partial charge < -0.3 is 20.3 Å². The topological polar surface area (TPSA) is 64.7 Å². The molecule has 0 spiro atoms. The summed E-state index contributed by atoms with van der Waals surface area (Å²) in [6, 6.07) is 1.78. The van der Waals surface area contributed by atoms with Crippen molar-refractivity contribution in [1.29, 1.82) is 0 Å². The number of ether oxygens (including phenoxy) is 2. The zero-order chi connectivity index (χ0) is 13.3. The second-order valence-corrected chi connectivity index (χ2v) is 5.48. The molecule has 1 aliphatic carbocycles. The molecule has 1 saturated carbocycles. The van der Waals surface area contributed by atoms with Gasteiger partial charge in [0.2, 0.25) is 0 Å². The minimum atomic E-state index is -0.466. The van der Waals surface area contributed by atoms with E-state index in [1.165, 1.54) is 7.11 Å². The highest BCUT2D eigenvalue weighted by molar-refractivity contribution is 9.10. The fourth-order valence-corrected chi connectivity index (χ4v) is 3.17. The van der Waals surface area contributed by atoms with Gasteiger partial charge in [-0.15, -0.1) is 0 Å². The lowest BCUT2D eigenvalue weighted by atomic mass is 9.88. The third-order valence-corrected chi connectivity index (χ3v) is 4.35. The van der Waals surface area contributed by atoms with E-state index < -0.39 is 5.54 Å². The maximum absolute atomic E-state index is 10.3. The van der Waals surface area contributed by atoms with Gasteiger partial charge in [-0.3, -0.25) is 0 Å². The molecule has 4 nitrogen and oxygen atoms in total. The highest BCUT2D eigenvalue weighted by atomic mass is 79.9. The van der Waals surface area contributed by atoms with Crippen molar-refractivity contribution in [2.45, 2.75) is 31.2 Å². The Morgan fingerprint density at radius 1 is 1.28 bits per heavy atom. The lowest BCUT2D eigenvalue weighted by Crippen LogP contribution is -2.33. The van der Waals surface area contributed by atoms with E-state index in [1.54, 1.807) is 13.2 Å². The minimum absolute atomic E-state index is 0.150. The van der Waals surface area contributed by atoms with Crippen LogP contribution in [0.4, 0.5) is 0 Å². The van der Waals surface area contributed by atoms with Crippen LogP contribution in [0, 0.1) is 0 Å². The summed E-state index contributed by atoms with van der Waals surface area (Å²) in [4.78, 5) is 0. The van der Waals surface area contributed by atoms with Gasteiger partial charge in [-0.25, -0.2) is 0 Å². The van der Waals surface area contributed by atoms with Crippen LogP contribution in [-0.2, 0) is 5.54 Å². The van der Waals surface area contributed by atoms with Crippen molar-refractivity contribution in [3.8, 4) is 17.2 Å². The average Bonchev–Trinajstić information content (AvgIpc) is 2.80. The van der Waals surface area contributed by atoms with Gasteiger partial charge in [-0.1, -0.05) is 12.8 Å². The van der Waals surface area contributed by atoms with Gasteiger partial charge in [-0.05, 0) is 34.8 Å². The molecular formula is C13H18BrNO3. The fraction of sp³-hybridized carbons (Fsp3) is 0.538. The Bertz CT molecular complexity index is 456. The van der Waals surface area contributed by atoms with Crippen LogP contribution < -0.4 is 15.2 Å². The van der Waals surface area contributed by atoms with Crippen LogP contribution in [0.2, 0.25) is 0 Å². The molecular weight excluding hydrogens is 298 g/mol. The van der Waals surface area contributed by atoms with Gasteiger partial charge in [0.1, 0.15) is 10.2 Å². The third-order valence-electron chi connectivity index (χ3n) is 3.62. The van der Waals surface area contributed by atoms with Crippen molar-refractivity contribution < 1.29 is 14.6 Å². The fourth-order valence-electron chi connectivity index (χ4n) is 2.60. The maximum Gasteiger partial charge on any atom is 0.178 e. The van der Waals surface area contributed by atoms with E-state index in [2.05, 4.69) is 15.9 Å². The van der Waals surface area contributed by atoms with Crippen molar-refractivity contribution in [1.82, 2.24) is 0 Å². The maximum atomic E-state index is 10.3. The van der Waals surface area contributed by atoms with E-state index in [0.29, 0.717) is 16.0 Å². The summed E-state index contributed by atoms with van der Waals surface area (Å²) in [5, 5.41) is 10.3. The largest absolute Gasteiger partial charge is 0.506 e. The van der Waals surface area contributed by atoms with Gasteiger partial charge >= 0.3 is 0 Å². The minimum Gasteiger partial charge on any atom is -0.506 e. The summed E-state index contributed by atoms with van der Waals surface area (Å²) in [6.45, 7) is 0. The standard InChI is InChI=1S/C13H18BrNO3/c1-17-9-7-8(13(15)5-3-4-6-13)11(16)10(14)12(9)18-2/h7,16H,3-6,15H2,1-2H3. The second-order valence-electron chi connectivity index (χ2n) is 4.69. The molecule has 2 rings (SSSR count). The molecule has 0 heterocycles. The van der Waals surface area contributed by atoms with E-state index in [-0.39, 0.29) is 5.75 Å². The van der Waals surface area contributed by atoms with Crippen molar-refractivity contribution in [3.63, 3.8) is 0 Å². The molecule has 0 aliphatic heterocycles. The summed E-state index contributed by atoms with van der Waals surface area (Å²) >= 11 is 3.34. The number of nitrogens with two attached hydrogens (primary N) is 1. The number of methoxy groups -OCH3 is 2. The molecule has 0 unspecified atom stereocenters. The Labute approximate surface area is 115 Å². The number of hydrogen-bond donors (Lipinski definition) is 2. The molecule has 100 valence electrons. The monoisotopic (exact) mass is 315 g/mol. The van der Waals surface area contributed by atoms with E-state index in [9.17, 15) is 5.11 Å². The average molecular weight is 316 g/mol. The van der Waals surface area contributed by atoms with E-state index in [4.69, 9.17) is 15.2 Å². The molecule has 5 heteroatoms. The number of phenolic OH excluding ortho intramolecular Hbond substituents is 1. The molecule has 1 aromatic rings. The van der Waals surface area contributed by atoms with Crippen LogP contribution in [0.5, 0.6) is 17.2 Å². The molecule has 18 heavy (non-hydrogen) atoms. The summed E-state index contributed by atoms with van der Waals surface area (Å²) < 4.78 is 11.0. The normalized spacial score (nSPS) is 17.8. The number of halogens is 1. The van der Waals surface area contributed by atoms with Crippen molar-refractivity contribution in [2.24, 2.45) is 5.73 Å². The highest BCUT2D eigenvalue weighted by Gasteiger charge is 2.35. The van der Waals surface area contributed by atoms with Crippen molar-refractivity contribution in [2.75, 3.05) is 14.2 Å². The van der Waals surface area contributed by atoms with Crippen LogP contribution >= 0.6 is 15.9 Å². The summed E-state index contributed by atoms with van der Waals surface area (Å²) in [6.07, 6.45) is 3.93. The van der Waals surface area contributed by atoms with Crippen molar-refractivity contribution >= 4 is 15.9 Å². The smallest absolute Gasteiger partial charge is 0.178 e. The van der Waals surface area contributed by atoms with Crippen LogP contribution in [0.25, 0.3) is 0 Å². The Hall–Kier alpha value is -0.940. The molecule has 1 aliphatic rings. The second kappa shape index (κ2) is 4.97. The van der Waals surface area contributed by atoms with Crippen LogP contribution in [0.1, 0.15) is 31.2 Å². The van der Waals surface area contributed by atoms with Crippen LogP contribution in [0.15, 0.2) is 10.5 Å². The molecule has 0 radical (unpaired) electrons. The quantitative estimate of drug-likeness (QED) is 0.900. The number of aromatic hydroxyl groups is 1. The number of hydrogen-bond acceptors (Lipinski definition) is 4. The molecule has 0 bridgehead atoms. The Morgan fingerprint density at radius 2 is 1.89 bits per heavy atom. The lowest BCUT2D eigenvalue weighted by Gasteiger charge is -2.27. The highest BCUT2D eigenvalue weighted by Crippen LogP contribution is 2.49. The van der Waals surface area contributed by atoms with Crippen LogP contribution in [0.3, 0.4) is 0 Å². The Morgan fingerprint density at radius 3 is 2.39 bits per heavy atom. The molecule has 1 fully saturated rings. The van der Waals surface area contributed by atoms with Crippen LogP contribution in [-0.4, -0.2) is 19.3 Å². The molecule has 0 aromatic heterocycles. The van der Waals surface area contributed by atoms with Gasteiger partial charge in [0.25, 0.3) is 0 Å². The Kier molecular flexibility index (Phi) is 3.73. The summed E-state index contributed by atoms with van der Waals surface area (Å²) in [5.41, 5.74) is 6.65. The summed E-state index contributed by atoms with van der Waals surface area (Å²) in [5.74, 6) is 1.21. The molecule has 0 amide bonds. The first-order valence-electron chi connectivity index (χ1n) is 5.96.